The molecule has 120 valence electrons. The van der Waals surface area contributed by atoms with Crippen LogP contribution in [-0.4, -0.2) is 27.5 Å². The lowest BCUT2D eigenvalue weighted by atomic mass is 10.2. The highest BCUT2D eigenvalue weighted by Crippen LogP contribution is 2.39. The van der Waals surface area contributed by atoms with Crippen LogP contribution in [0, 0.1) is 0 Å². The maximum atomic E-state index is 6.18. The zero-order valence-corrected chi connectivity index (χ0v) is 13.4. The number of benzene rings is 1. The van der Waals surface area contributed by atoms with Crippen LogP contribution in [0.5, 0.6) is 0 Å². The Labute approximate surface area is 138 Å². The van der Waals surface area contributed by atoms with Crippen LogP contribution < -0.4 is 0 Å². The Kier molecular flexibility index (Phi) is 3.60. The molecule has 2 aromatic heterocycles. The summed E-state index contributed by atoms with van der Waals surface area (Å²) in [5.41, 5.74) is 0.745. The molecule has 3 heterocycles. The van der Waals surface area contributed by atoms with Gasteiger partial charge >= 0.3 is 0 Å². The number of nitrogens with zero attached hydrogens (tertiary/aromatic N) is 3. The number of hydrogen-bond donors (Lipinski definition) is 0. The zero-order valence-electron chi connectivity index (χ0n) is 12.6. The second-order valence-electron chi connectivity index (χ2n) is 5.60. The topological polar surface area (TPSA) is 62.3 Å². The lowest BCUT2D eigenvalue weighted by molar-refractivity contribution is -0.199. The molecule has 1 aliphatic rings. The molecule has 0 N–H and O–H groups in total. The van der Waals surface area contributed by atoms with Crippen LogP contribution in [0.4, 0.5) is 0 Å². The summed E-state index contributed by atoms with van der Waals surface area (Å²) in [6.07, 6.45) is 4.01. The van der Waals surface area contributed by atoms with Crippen molar-refractivity contribution >= 4 is 22.6 Å². The summed E-state index contributed by atoms with van der Waals surface area (Å²) in [6, 6.07) is 7.42. The Hall–Kier alpha value is -1.89. The molecule has 0 spiro atoms. The van der Waals surface area contributed by atoms with Crippen molar-refractivity contribution in [3.8, 4) is 0 Å². The number of fused-ring (bicyclic) bond motifs is 1. The fraction of sp³-hybridized carbons (Fsp3) is 0.375. The normalized spacial score (nSPS) is 24.5. The molecule has 2 atom stereocenters. The lowest BCUT2D eigenvalue weighted by Crippen LogP contribution is -2.33. The summed E-state index contributed by atoms with van der Waals surface area (Å²) in [5, 5.41) is 5.73. The average molecular weight is 334 g/mol. The third kappa shape index (κ3) is 2.63. The first kappa shape index (κ1) is 14.7. The van der Waals surface area contributed by atoms with Crippen LogP contribution in [0.1, 0.15) is 19.1 Å². The Balaban J connectivity index is 1.77. The molecular formula is C16H16ClN3O3. The summed E-state index contributed by atoms with van der Waals surface area (Å²) in [7, 11) is 0. The molecule has 1 saturated heterocycles. The smallest absolute Gasteiger partial charge is 0.249 e. The number of halogens is 1. The SMILES string of the molecule is CC[C@@H]1CO[C@@](Cn2cncn2)(c2cc3cc(Cl)ccc3o2)O1. The number of furan rings is 1. The Morgan fingerprint density at radius 2 is 2.30 bits per heavy atom. The predicted molar refractivity (Wildman–Crippen MR) is 84.0 cm³/mol. The van der Waals surface area contributed by atoms with Crippen LogP contribution in [-0.2, 0) is 21.8 Å². The van der Waals surface area contributed by atoms with Gasteiger partial charge in [-0.3, -0.25) is 0 Å². The number of aromatic nitrogens is 3. The van der Waals surface area contributed by atoms with Crippen LogP contribution in [0.3, 0.4) is 0 Å². The summed E-state index contributed by atoms with van der Waals surface area (Å²) >= 11 is 6.06. The van der Waals surface area contributed by atoms with Crippen LogP contribution >= 0.6 is 11.6 Å². The molecule has 6 nitrogen and oxygen atoms in total. The van der Waals surface area contributed by atoms with E-state index in [0.717, 1.165) is 17.4 Å². The van der Waals surface area contributed by atoms with Gasteiger partial charge in [-0.2, -0.15) is 5.10 Å². The summed E-state index contributed by atoms with van der Waals surface area (Å²) in [4.78, 5) is 3.98. The molecule has 0 amide bonds. The minimum Gasteiger partial charge on any atom is -0.455 e. The maximum absolute atomic E-state index is 6.18. The van der Waals surface area contributed by atoms with Crippen LogP contribution in [0.15, 0.2) is 41.3 Å². The van der Waals surface area contributed by atoms with Crippen molar-refractivity contribution in [2.45, 2.75) is 31.8 Å². The fourth-order valence-corrected chi connectivity index (χ4v) is 2.97. The van der Waals surface area contributed by atoms with Gasteiger partial charge in [0.2, 0.25) is 5.79 Å². The summed E-state index contributed by atoms with van der Waals surface area (Å²) < 4.78 is 19.9. The van der Waals surface area contributed by atoms with Crippen molar-refractivity contribution in [3.63, 3.8) is 0 Å². The highest BCUT2D eigenvalue weighted by molar-refractivity contribution is 6.31. The molecule has 0 radical (unpaired) electrons. The molecule has 4 rings (SSSR count). The van der Waals surface area contributed by atoms with Crippen molar-refractivity contribution < 1.29 is 13.9 Å². The van der Waals surface area contributed by atoms with Gasteiger partial charge in [-0.05, 0) is 30.7 Å². The zero-order chi connectivity index (χ0) is 15.9. The first-order chi connectivity index (χ1) is 11.2. The van der Waals surface area contributed by atoms with E-state index in [4.69, 9.17) is 25.5 Å². The molecule has 23 heavy (non-hydrogen) atoms. The third-order valence-corrected chi connectivity index (χ3v) is 4.24. The molecular weight excluding hydrogens is 318 g/mol. The minimum absolute atomic E-state index is 0.0234. The average Bonchev–Trinajstić information content (AvgIpc) is 3.26. The van der Waals surface area contributed by atoms with Crippen LogP contribution in [0.2, 0.25) is 5.02 Å². The van der Waals surface area contributed by atoms with Crippen molar-refractivity contribution in [1.29, 1.82) is 0 Å². The number of hydrogen-bond acceptors (Lipinski definition) is 5. The number of ether oxygens (including phenoxy) is 2. The number of rotatable bonds is 4. The highest BCUT2D eigenvalue weighted by Gasteiger charge is 2.46. The molecule has 0 unspecified atom stereocenters. The van der Waals surface area contributed by atoms with E-state index in [0.29, 0.717) is 23.9 Å². The van der Waals surface area contributed by atoms with E-state index < -0.39 is 5.79 Å². The van der Waals surface area contributed by atoms with Crippen molar-refractivity contribution in [1.82, 2.24) is 14.8 Å². The minimum atomic E-state index is -1.00. The molecule has 0 aliphatic carbocycles. The third-order valence-electron chi connectivity index (χ3n) is 4.01. The highest BCUT2D eigenvalue weighted by atomic mass is 35.5. The summed E-state index contributed by atoms with van der Waals surface area (Å²) in [5.74, 6) is -0.388. The van der Waals surface area contributed by atoms with Gasteiger partial charge in [-0.1, -0.05) is 18.5 Å². The molecule has 1 aromatic carbocycles. The molecule has 1 aliphatic heterocycles. The summed E-state index contributed by atoms with van der Waals surface area (Å²) in [6.45, 7) is 2.96. The van der Waals surface area contributed by atoms with Crippen molar-refractivity contribution in [2.24, 2.45) is 0 Å². The molecule has 1 fully saturated rings. The Morgan fingerprint density at radius 1 is 1.39 bits per heavy atom. The molecule has 3 aromatic rings. The van der Waals surface area contributed by atoms with Gasteiger partial charge in [0.25, 0.3) is 0 Å². The predicted octanol–water partition coefficient (Wildman–Crippen LogP) is 3.36. The Bertz CT molecular complexity index is 817. The first-order valence-corrected chi connectivity index (χ1v) is 7.90. The monoisotopic (exact) mass is 333 g/mol. The molecule has 0 bridgehead atoms. The second kappa shape index (κ2) is 5.63. The maximum Gasteiger partial charge on any atom is 0.249 e. The van der Waals surface area contributed by atoms with Gasteiger partial charge in [-0.25, -0.2) is 9.67 Å². The van der Waals surface area contributed by atoms with Gasteiger partial charge in [0.1, 0.15) is 24.8 Å². The van der Waals surface area contributed by atoms with E-state index in [1.165, 1.54) is 6.33 Å². The van der Waals surface area contributed by atoms with E-state index in [1.807, 2.05) is 18.2 Å². The van der Waals surface area contributed by atoms with Crippen molar-refractivity contribution in [3.05, 3.63) is 47.7 Å². The van der Waals surface area contributed by atoms with E-state index in [2.05, 4.69) is 17.0 Å². The van der Waals surface area contributed by atoms with Crippen LogP contribution in [0.25, 0.3) is 11.0 Å². The van der Waals surface area contributed by atoms with E-state index in [1.54, 1.807) is 17.1 Å². The standard InChI is InChI=1S/C16H16ClN3O3/c1-2-13-7-21-16(23-13,8-20-10-18-9-19-20)15-6-11-5-12(17)3-4-14(11)22-15/h3-6,9-10,13H,2,7-8H2,1H3/t13-,16-/m1/s1. The largest absolute Gasteiger partial charge is 0.455 e. The molecule has 7 heteroatoms. The van der Waals surface area contributed by atoms with E-state index in [-0.39, 0.29) is 6.10 Å². The van der Waals surface area contributed by atoms with Gasteiger partial charge in [-0.15, -0.1) is 0 Å². The van der Waals surface area contributed by atoms with Gasteiger partial charge in [0, 0.05) is 10.4 Å². The van der Waals surface area contributed by atoms with Gasteiger partial charge in [0.05, 0.1) is 12.7 Å². The fourth-order valence-electron chi connectivity index (χ4n) is 2.79. The van der Waals surface area contributed by atoms with E-state index >= 15 is 0 Å². The van der Waals surface area contributed by atoms with Gasteiger partial charge in [0.15, 0.2) is 5.76 Å². The van der Waals surface area contributed by atoms with Crippen molar-refractivity contribution in [2.75, 3.05) is 6.61 Å². The lowest BCUT2D eigenvalue weighted by Gasteiger charge is -2.25. The molecule has 0 saturated carbocycles. The van der Waals surface area contributed by atoms with Gasteiger partial charge < -0.3 is 13.9 Å². The second-order valence-corrected chi connectivity index (χ2v) is 6.03. The quantitative estimate of drug-likeness (QED) is 0.732. The first-order valence-electron chi connectivity index (χ1n) is 7.52. The Morgan fingerprint density at radius 3 is 3.04 bits per heavy atom. The van der Waals surface area contributed by atoms with E-state index in [9.17, 15) is 0 Å².